The Morgan fingerprint density at radius 3 is 2.41 bits per heavy atom. The van der Waals surface area contributed by atoms with E-state index in [1.807, 2.05) is 30.3 Å². The highest BCUT2D eigenvalue weighted by atomic mass is 35.5. The van der Waals surface area contributed by atoms with Gasteiger partial charge in [0.05, 0.1) is 12.5 Å². The van der Waals surface area contributed by atoms with Crippen molar-refractivity contribution in [3.8, 4) is 0 Å². The Balaban J connectivity index is 0.00000242. The first kappa shape index (κ1) is 18.4. The summed E-state index contributed by atoms with van der Waals surface area (Å²) in [5.74, 6) is -3.52. The second kappa shape index (κ2) is 8.12. The van der Waals surface area contributed by atoms with E-state index < -0.39 is 29.8 Å². The number of aliphatic carboxylic acids is 2. The van der Waals surface area contributed by atoms with Crippen molar-refractivity contribution < 1.29 is 24.5 Å². The molecule has 0 aliphatic heterocycles. The molecule has 0 heterocycles. The monoisotopic (exact) mass is 329 g/mol. The van der Waals surface area contributed by atoms with Gasteiger partial charge >= 0.3 is 11.9 Å². The predicted molar refractivity (Wildman–Crippen MR) is 81.7 cm³/mol. The van der Waals surface area contributed by atoms with Crippen LogP contribution in [0.5, 0.6) is 0 Å². The van der Waals surface area contributed by atoms with Gasteiger partial charge in [0.1, 0.15) is 6.04 Å². The first-order valence-corrected chi connectivity index (χ1v) is 6.85. The lowest BCUT2D eigenvalue weighted by Crippen LogP contribution is -2.34. The molecule has 0 saturated heterocycles. The van der Waals surface area contributed by atoms with Crippen LogP contribution in [0.3, 0.4) is 0 Å². The maximum Gasteiger partial charge on any atom is 0.320 e. The minimum atomic E-state index is -1.15. The summed E-state index contributed by atoms with van der Waals surface area (Å²) < 4.78 is 5.51. The van der Waals surface area contributed by atoms with E-state index in [4.69, 9.17) is 20.7 Å². The molecule has 6 nitrogen and oxygen atoms in total. The Labute approximate surface area is 134 Å². The molecule has 1 saturated carbocycles. The third-order valence-electron chi connectivity index (χ3n) is 3.92. The van der Waals surface area contributed by atoms with Crippen LogP contribution in [0.25, 0.3) is 0 Å². The molecule has 1 aromatic carbocycles. The average Bonchev–Trinajstić information content (AvgIpc) is 3.18. The summed E-state index contributed by atoms with van der Waals surface area (Å²) in [5, 5.41) is 18.0. The van der Waals surface area contributed by atoms with Crippen LogP contribution >= 0.6 is 12.4 Å². The molecule has 7 heteroatoms. The molecule has 1 aromatic rings. The largest absolute Gasteiger partial charge is 0.481 e. The lowest BCUT2D eigenvalue weighted by atomic mass is 10.1. The fourth-order valence-corrected chi connectivity index (χ4v) is 2.76. The average molecular weight is 330 g/mol. The highest BCUT2D eigenvalue weighted by molar-refractivity contribution is 5.85. The number of hydrogen-bond donors (Lipinski definition) is 3. The minimum Gasteiger partial charge on any atom is -0.481 e. The maximum absolute atomic E-state index is 11.1. The van der Waals surface area contributed by atoms with Gasteiger partial charge in [0.15, 0.2) is 0 Å². The molecule has 22 heavy (non-hydrogen) atoms. The summed E-state index contributed by atoms with van der Waals surface area (Å²) >= 11 is 0. The van der Waals surface area contributed by atoms with Crippen molar-refractivity contribution in [3.63, 3.8) is 0 Å². The number of halogens is 1. The number of carboxylic acids is 2. The smallest absolute Gasteiger partial charge is 0.320 e. The van der Waals surface area contributed by atoms with Crippen LogP contribution in [0, 0.1) is 17.8 Å². The molecule has 1 aliphatic rings. The topological polar surface area (TPSA) is 110 Å². The summed E-state index contributed by atoms with van der Waals surface area (Å²) in [6.07, 6.45) is 0.509. The van der Waals surface area contributed by atoms with Crippen molar-refractivity contribution in [1.29, 1.82) is 0 Å². The van der Waals surface area contributed by atoms with Crippen molar-refractivity contribution in [2.45, 2.75) is 19.1 Å². The standard InChI is InChI=1S/C15H19NO5.ClH/c16-13(15(19)20)11-10(12(11)14(17)18)6-7-21-8-9-4-2-1-3-5-9;/h1-5,10-13H,6-8,16H2,(H,17,18)(H,19,20);1H. The third kappa shape index (κ3) is 4.43. The van der Waals surface area contributed by atoms with Crippen molar-refractivity contribution >= 4 is 24.3 Å². The molecular weight excluding hydrogens is 310 g/mol. The Morgan fingerprint density at radius 2 is 1.86 bits per heavy atom. The highest BCUT2D eigenvalue weighted by Crippen LogP contribution is 2.50. The zero-order valence-electron chi connectivity index (χ0n) is 11.9. The van der Waals surface area contributed by atoms with E-state index in [-0.39, 0.29) is 18.3 Å². The molecule has 0 bridgehead atoms. The quantitative estimate of drug-likeness (QED) is 0.621. The molecule has 4 N–H and O–H groups in total. The molecule has 0 spiro atoms. The van der Waals surface area contributed by atoms with E-state index in [0.717, 1.165) is 5.56 Å². The number of carboxylic acid groups (broad SMARTS) is 2. The van der Waals surface area contributed by atoms with Gasteiger partial charge in [-0.2, -0.15) is 0 Å². The normalized spacial score (nSPS) is 24.1. The number of nitrogens with two attached hydrogens (primary N) is 1. The van der Waals surface area contributed by atoms with Gasteiger partial charge in [-0.25, -0.2) is 0 Å². The zero-order chi connectivity index (χ0) is 15.4. The number of rotatable bonds is 8. The summed E-state index contributed by atoms with van der Waals surface area (Å²) in [6, 6.07) is 8.53. The van der Waals surface area contributed by atoms with E-state index in [2.05, 4.69) is 0 Å². The van der Waals surface area contributed by atoms with Gasteiger partial charge in [0, 0.05) is 12.5 Å². The van der Waals surface area contributed by atoms with Gasteiger partial charge < -0.3 is 20.7 Å². The Kier molecular flexibility index (Phi) is 6.80. The summed E-state index contributed by atoms with van der Waals surface area (Å²) in [7, 11) is 0. The lowest BCUT2D eigenvalue weighted by Gasteiger charge is -2.06. The van der Waals surface area contributed by atoms with Gasteiger partial charge in [-0.15, -0.1) is 12.4 Å². The molecule has 1 fully saturated rings. The van der Waals surface area contributed by atoms with Gasteiger partial charge in [-0.3, -0.25) is 9.59 Å². The Morgan fingerprint density at radius 1 is 1.23 bits per heavy atom. The van der Waals surface area contributed by atoms with Crippen molar-refractivity contribution in [2.24, 2.45) is 23.5 Å². The van der Waals surface area contributed by atoms with Gasteiger partial charge in [0.25, 0.3) is 0 Å². The molecule has 1 aliphatic carbocycles. The molecule has 4 atom stereocenters. The molecule has 4 unspecified atom stereocenters. The van der Waals surface area contributed by atoms with Crippen LogP contribution in [-0.4, -0.2) is 34.8 Å². The summed E-state index contributed by atoms with van der Waals surface area (Å²) in [6.45, 7) is 0.854. The van der Waals surface area contributed by atoms with Crippen LogP contribution < -0.4 is 5.73 Å². The van der Waals surface area contributed by atoms with Crippen molar-refractivity contribution in [2.75, 3.05) is 6.61 Å². The van der Waals surface area contributed by atoms with E-state index >= 15 is 0 Å². The summed E-state index contributed by atoms with van der Waals surface area (Å²) in [4.78, 5) is 21.9. The predicted octanol–water partition coefficient (Wildman–Crippen LogP) is 1.37. The fraction of sp³-hybridized carbons (Fsp3) is 0.467. The SMILES string of the molecule is Cl.NC(C(=O)O)C1C(CCOCc2ccccc2)C1C(=O)O. The number of carbonyl (C=O) groups is 2. The molecule has 122 valence electrons. The van der Waals surface area contributed by atoms with E-state index in [1.54, 1.807) is 0 Å². The van der Waals surface area contributed by atoms with E-state index in [0.29, 0.717) is 19.6 Å². The van der Waals surface area contributed by atoms with Crippen LogP contribution in [0.15, 0.2) is 30.3 Å². The fourth-order valence-electron chi connectivity index (χ4n) is 2.76. The maximum atomic E-state index is 11.1. The van der Waals surface area contributed by atoms with Crippen LogP contribution in [0.1, 0.15) is 12.0 Å². The second-order valence-corrected chi connectivity index (χ2v) is 5.30. The molecule has 2 rings (SSSR count). The number of hydrogen-bond acceptors (Lipinski definition) is 4. The van der Waals surface area contributed by atoms with Gasteiger partial charge in [-0.05, 0) is 17.9 Å². The lowest BCUT2D eigenvalue weighted by molar-refractivity contribution is -0.140. The molecular formula is C15H20ClNO5. The van der Waals surface area contributed by atoms with Gasteiger partial charge in [-0.1, -0.05) is 30.3 Å². The number of benzene rings is 1. The number of ether oxygens (including phenoxy) is 1. The van der Waals surface area contributed by atoms with Gasteiger partial charge in [0.2, 0.25) is 0 Å². The minimum absolute atomic E-state index is 0. The zero-order valence-corrected chi connectivity index (χ0v) is 12.7. The summed E-state index contributed by atoms with van der Waals surface area (Å²) in [5.41, 5.74) is 6.58. The Hall–Kier alpha value is -1.63. The van der Waals surface area contributed by atoms with E-state index in [9.17, 15) is 9.59 Å². The third-order valence-corrected chi connectivity index (χ3v) is 3.92. The molecule has 0 radical (unpaired) electrons. The Bertz CT molecular complexity index is 510. The van der Waals surface area contributed by atoms with Crippen molar-refractivity contribution in [1.82, 2.24) is 0 Å². The van der Waals surface area contributed by atoms with Crippen LogP contribution in [0.4, 0.5) is 0 Å². The van der Waals surface area contributed by atoms with Crippen molar-refractivity contribution in [3.05, 3.63) is 35.9 Å². The molecule has 0 amide bonds. The van der Waals surface area contributed by atoms with Crippen LogP contribution in [-0.2, 0) is 20.9 Å². The molecule has 0 aromatic heterocycles. The highest BCUT2D eigenvalue weighted by Gasteiger charge is 2.58. The van der Waals surface area contributed by atoms with E-state index in [1.165, 1.54) is 0 Å². The first-order chi connectivity index (χ1) is 10.0. The first-order valence-electron chi connectivity index (χ1n) is 6.85. The second-order valence-electron chi connectivity index (χ2n) is 5.30. The van der Waals surface area contributed by atoms with Crippen LogP contribution in [0.2, 0.25) is 0 Å².